The van der Waals surface area contributed by atoms with Crippen molar-refractivity contribution in [3.05, 3.63) is 69.8 Å². The van der Waals surface area contributed by atoms with Gasteiger partial charge in [0.05, 0.1) is 18.6 Å². The third-order valence-electron chi connectivity index (χ3n) is 3.81. The summed E-state index contributed by atoms with van der Waals surface area (Å²) in [5.41, 5.74) is 7.52. The molecule has 3 rings (SSSR count). The number of nitrogen functional groups attached to an aromatic ring is 1. The molecule has 7 nitrogen and oxygen atoms in total. The predicted molar refractivity (Wildman–Crippen MR) is 105 cm³/mol. The van der Waals surface area contributed by atoms with E-state index in [9.17, 15) is 10.1 Å². The molecule has 0 aliphatic heterocycles. The molecule has 0 fully saturated rings. The fourth-order valence-electron chi connectivity index (χ4n) is 2.44. The highest BCUT2D eigenvalue weighted by atomic mass is 35.5. The van der Waals surface area contributed by atoms with Crippen molar-refractivity contribution in [2.75, 3.05) is 12.8 Å². The first-order chi connectivity index (χ1) is 13.5. The average Bonchev–Trinajstić information content (AvgIpc) is 3.16. The Morgan fingerprint density at radius 1 is 1.32 bits per heavy atom. The lowest BCUT2D eigenvalue weighted by Crippen LogP contribution is -2.06. The van der Waals surface area contributed by atoms with Crippen LogP contribution >= 0.6 is 23.4 Å². The van der Waals surface area contributed by atoms with E-state index in [1.807, 2.05) is 18.2 Å². The van der Waals surface area contributed by atoms with Crippen molar-refractivity contribution in [1.82, 2.24) is 9.97 Å². The standard InChI is InChI=1S/C19H15ClN4O3S/c1-26-18(25)16-7-6-12(27-16)10-28-19-23-15(13(9-21)17(22)24-19)8-11-4-2-3-5-14(11)20/h2-7H,8,10H2,1H3,(H2,22,23,24). The number of ether oxygens (including phenoxy) is 1. The zero-order valence-electron chi connectivity index (χ0n) is 14.8. The highest BCUT2D eigenvalue weighted by Gasteiger charge is 2.16. The Bertz CT molecular complexity index is 1060. The van der Waals surface area contributed by atoms with Crippen LogP contribution in [0.4, 0.5) is 5.82 Å². The summed E-state index contributed by atoms with van der Waals surface area (Å²) in [5, 5.41) is 10.4. The van der Waals surface area contributed by atoms with Crippen LogP contribution in [0.3, 0.4) is 0 Å². The lowest BCUT2D eigenvalue weighted by Gasteiger charge is -2.09. The summed E-state index contributed by atoms with van der Waals surface area (Å²) in [6.45, 7) is 0. The number of hydrogen-bond donors (Lipinski definition) is 1. The van der Waals surface area contributed by atoms with E-state index in [-0.39, 0.29) is 17.1 Å². The monoisotopic (exact) mass is 414 g/mol. The number of rotatable bonds is 6. The molecule has 2 N–H and O–H groups in total. The maximum absolute atomic E-state index is 11.5. The summed E-state index contributed by atoms with van der Waals surface area (Å²) >= 11 is 7.50. The number of carbonyl (C=O) groups is 1. The minimum atomic E-state index is -0.544. The molecule has 3 aromatic rings. The van der Waals surface area contributed by atoms with Gasteiger partial charge in [-0.2, -0.15) is 5.26 Å². The number of thioether (sulfide) groups is 1. The van der Waals surface area contributed by atoms with E-state index in [2.05, 4.69) is 20.8 Å². The van der Waals surface area contributed by atoms with E-state index >= 15 is 0 Å². The zero-order valence-corrected chi connectivity index (χ0v) is 16.4. The molecule has 2 heterocycles. The number of esters is 1. The number of carbonyl (C=O) groups excluding carboxylic acids is 1. The molecule has 28 heavy (non-hydrogen) atoms. The van der Waals surface area contributed by atoms with Crippen LogP contribution in [-0.2, 0) is 16.9 Å². The Hall–Kier alpha value is -3.02. The van der Waals surface area contributed by atoms with Gasteiger partial charge in [0, 0.05) is 11.4 Å². The lowest BCUT2D eigenvalue weighted by molar-refractivity contribution is 0.0563. The van der Waals surface area contributed by atoms with Crippen molar-refractivity contribution in [3.8, 4) is 6.07 Å². The second kappa shape index (κ2) is 8.78. The number of anilines is 1. The van der Waals surface area contributed by atoms with Gasteiger partial charge in [0.1, 0.15) is 23.2 Å². The molecule has 0 bridgehead atoms. The van der Waals surface area contributed by atoms with Crippen molar-refractivity contribution in [2.45, 2.75) is 17.3 Å². The molecule has 0 atom stereocenters. The van der Waals surface area contributed by atoms with Crippen LogP contribution in [-0.4, -0.2) is 23.0 Å². The molecule has 0 unspecified atom stereocenters. The number of hydrogen-bond acceptors (Lipinski definition) is 8. The van der Waals surface area contributed by atoms with E-state index in [0.717, 1.165) is 5.56 Å². The molecule has 1 aromatic carbocycles. The van der Waals surface area contributed by atoms with Crippen molar-refractivity contribution in [2.24, 2.45) is 0 Å². The number of methoxy groups -OCH3 is 1. The normalized spacial score (nSPS) is 10.5. The first-order valence-corrected chi connectivity index (χ1v) is 9.48. The smallest absolute Gasteiger partial charge is 0.373 e. The molecule has 9 heteroatoms. The van der Waals surface area contributed by atoms with E-state index in [1.54, 1.807) is 18.2 Å². The van der Waals surface area contributed by atoms with E-state index < -0.39 is 5.97 Å². The van der Waals surface area contributed by atoms with Gasteiger partial charge in [-0.15, -0.1) is 0 Å². The molecule has 0 spiro atoms. The summed E-state index contributed by atoms with van der Waals surface area (Å²) in [6.07, 6.45) is 0.357. The number of aromatic nitrogens is 2. The number of benzene rings is 1. The second-order valence-corrected chi connectivity index (χ2v) is 6.99. The van der Waals surface area contributed by atoms with E-state index in [4.69, 9.17) is 21.8 Å². The fraction of sp³-hybridized carbons (Fsp3) is 0.158. The van der Waals surface area contributed by atoms with Gasteiger partial charge in [0.25, 0.3) is 0 Å². The molecular formula is C19H15ClN4O3S. The van der Waals surface area contributed by atoms with Crippen LogP contribution in [0.1, 0.15) is 33.1 Å². The minimum absolute atomic E-state index is 0.108. The molecule has 0 aliphatic carbocycles. The molecule has 0 saturated heterocycles. The van der Waals surface area contributed by atoms with Crippen molar-refractivity contribution in [3.63, 3.8) is 0 Å². The average molecular weight is 415 g/mol. The number of nitrogens with zero attached hydrogens (tertiary/aromatic N) is 3. The predicted octanol–water partition coefficient (Wildman–Crippen LogP) is 3.85. The quantitative estimate of drug-likeness (QED) is 0.367. The zero-order chi connectivity index (χ0) is 20.1. The highest BCUT2D eigenvalue weighted by Crippen LogP contribution is 2.26. The summed E-state index contributed by atoms with van der Waals surface area (Å²) in [5.74, 6) is 0.629. The molecule has 0 saturated carbocycles. The highest BCUT2D eigenvalue weighted by molar-refractivity contribution is 7.98. The molecule has 0 amide bonds. The largest absolute Gasteiger partial charge is 0.463 e. The molecule has 0 aliphatic rings. The fourth-order valence-corrected chi connectivity index (χ4v) is 3.41. The molecule has 2 aromatic heterocycles. The topological polar surface area (TPSA) is 115 Å². The maximum Gasteiger partial charge on any atom is 0.373 e. The summed E-state index contributed by atoms with van der Waals surface area (Å²) in [6, 6.07) is 12.6. The van der Waals surface area contributed by atoms with Crippen molar-refractivity contribution >= 4 is 35.1 Å². The van der Waals surface area contributed by atoms with Crippen molar-refractivity contribution in [1.29, 1.82) is 5.26 Å². The summed E-state index contributed by atoms with van der Waals surface area (Å²) in [4.78, 5) is 20.1. The second-order valence-electron chi connectivity index (χ2n) is 5.64. The Morgan fingerprint density at radius 2 is 2.11 bits per heavy atom. The van der Waals surface area contributed by atoms with Crippen LogP contribution in [0, 0.1) is 11.3 Å². The number of nitrogens with two attached hydrogens (primary N) is 1. The molecular weight excluding hydrogens is 400 g/mol. The van der Waals surface area contributed by atoms with Gasteiger partial charge in [-0.3, -0.25) is 0 Å². The minimum Gasteiger partial charge on any atom is -0.463 e. The van der Waals surface area contributed by atoms with Gasteiger partial charge in [0.15, 0.2) is 5.16 Å². The Kier molecular flexibility index (Phi) is 6.19. The third kappa shape index (κ3) is 4.44. The van der Waals surface area contributed by atoms with Crippen molar-refractivity contribution < 1.29 is 13.9 Å². The van der Waals surface area contributed by atoms with Crippen LogP contribution in [0.2, 0.25) is 5.02 Å². The van der Waals surface area contributed by atoms with Crippen LogP contribution in [0.5, 0.6) is 0 Å². The SMILES string of the molecule is COC(=O)c1ccc(CSc2nc(N)c(C#N)c(Cc3ccccc3Cl)n2)o1. The van der Waals surface area contributed by atoms with E-state index in [1.165, 1.54) is 18.9 Å². The van der Waals surface area contributed by atoms with Gasteiger partial charge in [-0.25, -0.2) is 14.8 Å². The summed E-state index contributed by atoms with van der Waals surface area (Å²) in [7, 11) is 1.28. The molecule has 0 radical (unpaired) electrons. The molecule has 142 valence electrons. The number of halogens is 1. The van der Waals surface area contributed by atoms with Crippen LogP contribution in [0.15, 0.2) is 46.0 Å². The van der Waals surface area contributed by atoms with Gasteiger partial charge < -0.3 is 14.9 Å². The van der Waals surface area contributed by atoms with Gasteiger partial charge in [-0.05, 0) is 23.8 Å². The first kappa shape index (κ1) is 19.7. The number of nitriles is 1. The van der Waals surface area contributed by atoms with Gasteiger partial charge in [0.2, 0.25) is 5.76 Å². The van der Waals surface area contributed by atoms with E-state index in [0.29, 0.717) is 33.8 Å². The van der Waals surface area contributed by atoms with Crippen LogP contribution in [0.25, 0.3) is 0 Å². The first-order valence-electron chi connectivity index (χ1n) is 8.11. The Morgan fingerprint density at radius 3 is 2.82 bits per heavy atom. The van der Waals surface area contributed by atoms with Gasteiger partial charge >= 0.3 is 5.97 Å². The third-order valence-corrected chi connectivity index (χ3v) is 5.05. The lowest BCUT2D eigenvalue weighted by atomic mass is 10.1. The Balaban J connectivity index is 1.81. The van der Waals surface area contributed by atoms with Gasteiger partial charge in [-0.1, -0.05) is 41.6 Å². The van der Waals surface area contributed by atoms with Crippen LogP contribution < -0.4 is 5.73 Å². The maximum atomic E-state index is 11.5. The summed E-state index contributed by atoms with van der Waals surface area (Å²) < 4.78 is 10.0. The Labute approximate surface area is 170 Å². The number of furan rings is 1.